The van der Waals surface area contributed by atoms with Gasteiger partial charge in [0.2, 0.25) is 5.56 Å². The molecule has 1 heterocycles. The van der Waals surface area contributed by atoms with E-state index in [-0.39, 0.29) is 29.5 Å². The van der Waals surface area contributed by atoms with E-state index in [0.29, 0.717) is 25.3 Å². The Balaban J connectivity index is 2.44. The lowest BCUT2D eigenvalue weighted by Gasteiger charge is -2.20. The lowest BCUT2D eigenvalue weighted by atomic mass is 9.88. The van der Waals surface area contributed by atoms with Crippen LogP contribution < -0.4 is 10.9 Å². The van der Waals surface area contributed by atoms with Gasteiger partial charge in [-0.3, -0.25) is 14.4 Å². The predicted molar refractivity (Wildman–Crippen MR) is 79.2 cm³/mol. The summed E-state index contributed by atoms with van der Waals surface area (Å²) in [4.78, 5) is 36.0. The fraction of sp³-hybridized carbons (Fsp3) is 0.533. The number of amides is 1. The third kappa shape index (κ3) is 6.25. The summed E-state index contributed by atoms with van der Waals surface area (Å²) in [6.45, 7) is 4.55. The first-order valence-corrected chi connectivity index (χ1v) is 7.09. The molecule has 116 valence electrons. The number of nitrogens with one attached hydrogen (secondary N) is 2. The minimum Gasteiger partial charge on any atom is -0.481 e. The number of hydrogen-bond donors (Lipinski definition) is 3. The molecule has 21 heavy (non-hydrogen) atoms. The molecular weight excluding hydrogens is 272 g/mol. The van der Waals surface area contributed by atoms with Gasteiger partial charge >= 0.3 is 5.97 Å². The van der Waals surface area contributed by atoms with Crippen molar-refractivity contribution in [3.63, 3.8) is 0 Å². The van der Waals surface area contributed by atoms with Gasteiger partial charge in [-0.05, 0) is 30.7 Å². The van der Waals surface area contributed by atoms with Crippen LogP contribution >= 0.6 is 0 Å². The molecule has 0 aliphatic heterocycles. The van der Waals surface area contributed by atoms with E-state index < -0.39 is 5.97 Å². The second-order valence-corrected chi connectivity index (χ2v) is 5.41. The van der Waals surface area contributed by atoms with Crippen LogP contribution in [-0.4, -0.2) is 28.5 Å². The Morgan fingerprint density at radius 1 is 1.29 bits per heavy atom. The summed E-state index contributed by atoms with van der Waals surface area (Å²) >= 11 is 0. The molecule has 0 aliphatic carbocycles. The van der Waals surface area contributed by atoms with Gasteiger partial charge < -0.3 is 15.4 Å². The van der Waals surface area contributed by atoms with Crippen molar-refractivity contribution in [3.8, 4) is 0 Å². The summed E-state index contributed by atoms with van der Waals surface area (Å²) in [6, 6.07) is 4.41. The van der Waals surface area contributed by atoms with Crippen molar-refractivity contribution in [1.82, 2.24) is 10.3 Å². The van der Waals surface area contributed by atoms with Gasteiger partial charge in [-0.15, -0.1) is 0 Å². The zero-order valence-corrected chi connectivity index (χ0v) is 12.4. The van der Waals surface area contributed by atoms with Crippen LogP contribution in [0.2, 0.25) is 0 Å². The number of pyridine rings is 1. The number of aliphatic carboxylic acids is 1. The molecule has 1 amide bonds. The van der Waals surface area contributed by atoms with E-state index in [1.807, 2.05) is 13.8 Å². The van der Waals surface area contributed by atoms with Crippen molar-refractivity contribution in [2.24, 2.45) is 11.8 Å². The molecule has 1 aromatic rings. The van der Waals surface area contributed by atoms with E-state index in [9.17, 15) is 14.4 Å². The number of carbonyl (C=O) groups is 2. The Morgan fingerprint density at radius 3 is 2.57 bits per heavy atom. The first kappa shape index (κ1) is 16.9. The van der Waals surface area contributed by atoms with Crippen LogP contribution in [0, 0.1) is 11.8 Å². The first-order valence-electron chi connectivity index (χ1n) is 7.09. The van der Waals surface area contributed by atoms with Gasteiger partial charge in [-0.25, -0.2) is 0 Å². The average molecular weight is 294 g/mol. The van der Waals surface area contributed by atoms with Gasteiger partial charge in [0.1, 0.15) is 5.69 Å². The molecule has 0 spiro atoms. The van der Waals surface area contributed by atoms with Gasteiger partial charge in [0.25, 0.3) is 5.91 Å². The highest BCUT2D eigenvalue weighted by Crippen LogP contribution is 2.20. The van der Waals surface area contributed by atoms with Crippen LogP contribution in [-0.2, 0) is 4.79 Å². The smallest absolute Gasteiger partial charge is 0.303 e. The van der Waals surface area contributed by atoms with Crippen molar-refractivity contribution in [1.29, 1.82) is 0 Å². The van der Waals surface area contributed by atoms with Crippen molar-refractivity contribution in [3.05, 3.63) is 34.2 Å². The summed E-state index contributed by atoms with van der Waals surface area (Å²) in [7, 11) is 0. The molecule has 1 atom stereocenters. The normalized spacial score (nSPS) is 12.1. The molecule has 1 rings (SSSR count). The molecule has 3 N–H and O–H groups in total. The van der Waals surface area contributed by atoms with Crippen molar-refractivity contribution in [2.45, 2.75) is 33.1 Å². The minimum atomic E-state index is -0.799. The zero-order chi connectivity index (χ0) is 15.8. The molecule has 6 heteroatoms. The standard InChI is InChI=1S/C15H22N2O4/c1-10(2)11(6-7-14(19)20)8-9-16-15(21)12-4-3-5-13(18)17-12/h3-5,10-11H,6-9H2,1-2H3,(H,16,21)(H,17,18)(H,19,20). The molecule has 1 unspecified atom stereocenters. The first-order chi connectivity index (χ1) is 9.90. The topological polar surface area (TPSA) is 99.3 Å². The molecule has 0 saturated heterocycles. The molecule has 0 saturated carbocycles. The quantitative estimate of drug-likeness (QED) is 0.678. The van der Waals surface area contributed by atoms with Gasteiger partial charge in [-0.1, -0.05) is 19.9 Å². The van der Waals surface area contributed by atoms with E-state index >= 15 is 0 Å². The van der Waals surface area contributed by atoms with Crippen LogP contribution in [0.5, 0.6) is 0 Å². The lowest BCUT2D eigenvalue weighted by molar-refractivity contribution is -0.137. The van der Waals surface area contributed by atoms with E-state index in [0.717, 1.165) is 0 Å². The number of carbonyl (C=O) groups excluding carboxylic acids is 1. The van der Waals surface area contributed by atoms with Crippen LogP contribution in [0.3, 0.4) is 0 Å². The summed E-state index contributed by atoms with van der Waals surface area (Å²) in [6.07, 6.45) is 1.46. The van der Waals surface area contributed by atoms with Gasteiger partial charge in [0.05, 0.1) is 0 Å². The van der Waals surface area contributed by atoms with Gasteiger partial charge in [-0.2, -0.15) is 0 Å². The van der Waals surface area contributed by atoms with Gasteiger partial charge in [0.15, 0.2) is 0 Å². The largest absolute Gasteiger partial charge is 0.481 e. The zero-order valence-electron chi connectivity index (χ0n) is 12.4. The SMILES string of the molecule is CC(C)C(CCNC(=O)c1cccc(=O)[nH]1)CCC(=O)O. The molecular formula is C15H22N2O4. The second-order valence-electron chi connectivity index (χ2n) is 5.41. The number of aromatic amines is 1. The van der Waals surface area contributed by atoms with Crippen LogP contribution in [0.15, 0.2) is 23.0 Å². The highest BCUT2D eigenvalue weighted by Gasteiger charge is 2.15. The maximum absolute atomic E-state index is 11.8. The van der Waals surface area contributed by atoms with E-state index in [4.69, 9.17) is 5.11 Å². The number of hydrogen-bond acceptors (Lipinski definition) is 3. The molecule has 1 aromatic heterocycles. The molecule has 0 aliphatic rings. The lowest BCUT2D eigenvalue weighted by Crippen LogP contribution is -2.29. The highest BCUT2D eigenvalue weighted by atomic mass is 16.4. The molecule has 0 bridgehead atoms. The maximum Gasteiger partial charge on any atom is 0.303 e. The van der Waals surface area contributed by atoms with Gasteiger partial charge in [0, 0.05) is 19.0 Å². The monoisotopic (exact) mass is 294 g/mol. The Labute approximate surface area is 123 Å². The Kier molecular flexibility index (Phi) is 6.65. The third-order valence-electron chi connectivity index (χ3n) is 3.49. The number of H-pyrrole nitrogens is 1. The predicted octanol–water partition coefficient (Wildman–Crippen LogP) is 1.63. The average Bonchev–Trinajstić information content (AvgIpc) is 2.41. The van der Waals surface area contributed by atoms with E-state index in [1.165, 1.54) is 12.1 Å². The Morgan fingerprint density at radius 2 is 2.00 bits per heavy atom. The molecule has 0 radical (unpaired) electrons. The van der Waals surface area contributed by atoms with Crippen LogP contribution in [0.4, 0.5) is 0 Å². The summed E-state index contributed by atoms with van der Waals surface area (Å²) < 4.78 is 0. The van der Waals surface area contributed by atoms with Crippen molar-refractivity contribution < 1.29 is 14.7 Å². The second kappa shape index (κ2) is 8.24. The summed E-state index contributed by atoms with van der Waals surface area (Å²) in [5, 5.41) is 11.5. The summed E-state index contributed by atoms with van der Waals surface area (Å²) in [5.41, 5.74) is -0.0849. The van der Waals surface area contributed by atoms with E-state index in [1.54, 1.807) is 6.07 Å². The Hall–Kier alpha value is -2.11. The Bertz CT molecular complexity index is 536. The number of rotatable bonds is 8. The molecule has 0 aromatic carbocycles. The third-order valence-corrected chi connectivity index (χ3v) is 3.49. The van der Waals surface area contributed by atoms with E-state index in [2.05, 4.69) is 10.3 Å². The van der Waals surface area contributed by atoms with Crippen LogP contribution in [0.1, 0.15) is 43.6 Å². The number of carboxylic acids is 1. The number of carboxylic acid groups (broad SMARTS) is 1. The van der Waals surface area contributed by atoms with Crippen molar-refractivity contribution in [2.75, 3.05) is 6.54 Å². The fourth-order valence-electron chi connectivity index (χ4n) is 2.17. The van der Waals surface area contributed by atoms with Crippen molar-refractivity contribution >= 4 is 11.9 Å². The maximum atomic E-state index is 11.8. The molecule has 6 nitrogen and oxygen atoms in total. The minimum absolute atomic E-state index is 0.142. The summed E-state index contributed by atoms with van der Waals surface area (Å²) in [5.74, 6) is -0.519. The molecule has 0 fully saturated rings. The number of aromatic nitrogens is 1. The highest BCUT2D eigenvalue weighted by molar-refractivity contribution is 5.92. The van der Waals surface area contributed by atoms with Crippen LogP contribution in [0.25, 0.3) is 0 Å². The fourth-order valence-corrected chi connectivity index (χ4v) is 2.17.